The number of unbranched alkanes of at least 4 members (excludes halogenated alkanes) is 7. The number of aromatic nitrogens is 4. The van der Waals surface area contributed by atoms with Crippen LogP contribution in [-0.2, 0) is 34.1 Å². The molecule has 1 unspecified atom stereocenters. The molecule has 0 aliphatic rings. The number of fused-ring (bicyclic) bond motifs is 1. The van der Waals surface area contributed by atoms with E-state index in [9.17, 15) is 13.2 Å². The molecule has 10 nitrogen and oxygen atoms in total. The van der Waals surface area contributed by atoms with Crippen LogP contribution in [0, 0.1) is 6.92 Å². The standard InChI is InChI=1S/C45H53N5O5S/c1-3-4-5-6-7-8-9-13-18-42(45(51)46-37-22-20-35(21-23-37)17-14-19-43-47-48-44-32-34(2)49-50(43)44)55-39-26-30-41(31-27-39)56(52,53)40-28-24-38(25-29-40)54-33-36-15-11-10-12-16-36/h10-12,15-16,20-32,42,49H,3-9,13-14,17-19,33H2,1-2H3,(H,46,51). The topological polar surface area (TPSA) is 128 Å². The third-order valence-corrected chi connectivity index (χ3v) is 11.7. The lowest BCUT2D eigenvalue weighted by atomic mass is 10.0. The Morgan fingerprint density at radius 2 is 1.38 bits per heavy atom. The van der Waals surface area contributed by atoms with Crippen molar-refractivity contribution in [1.82, 2.24) is 19.8 Å². The minimum atomic E-state index is -3.78. The fraction of sp³-hybridized carbons (Fsp3) is 0.356. The molecule has 0 aliphatic carbocycles. The number of carbonyl (C=O) groups is 1. The number of H-pyrrole nitrogens is 1. The summed E-state index contributed by atoms with van der Waals surface area (Å²) in [5.41, 5.74) is 4.77. The molecule has 0 radical (unpaired) electrons. The molecular weight excluding hydrogens is 723 g/mol. The van der Waals surface area contributed by atoms with Gasteiger partial charge in [0.05, 0.1) is 9.79 Å². The van der Waals surface area contributed by atoms with Gasteiger partial charge in [-0.3, -0.25) is 9.89 Å². The summed E-state index contributed by atoms with van der Waals surface area (Å²) in [4.78, 5) is 14.0. The average Bonchev–Trinajstić information content (AvgIpc) is 3.78. The monoisotopic (exact) mass is 775 g/mol. The number of ether oxygens (including phenoxy) is 2. The Bertz CT molecular complexity index is 2220. The van der Waals surface area contributed by atoms with E-state index in [1.54, 1.807) is 36.4 Å². The SMILES string of the molecule is CCCCCCCCCCC(Oc1ccc(S(=O)(=O)c2ccc(OCc3ccccc3)cc2)cc1)C(=O)Nc1ccc(CCCc2nnc3cc(C)[nH]n23)cc1. The van der Waals surface area contributed by atoms with Crippen LogP contribution in [0.5, 0.6) is 11.5 Å². The quantitative estimate of drug-likeness (QED) is 0.0658. The lowest BCUT2D eigenvalue weighted by molar-refractivity contribution is -0.123. The van der Waals surface area contributed by atoms with E-state index in [-0.39, 0.29) is 15.7 Å². The van der Waals surface area contributed by atoms with Gasteiger partial charge in [-0.05, 0) is 104 Å². The second kappa shape index (κ2) is 20.0. The number of nitrogens with zero attached hydrogens (tertiary/aromatic N) is 3. The van der Waals surface area contributed by atoms with Crippen LogP contribution in [0.25, 0.3) is 5.65 Å². The largest absolute Gasteiger partial charge is 0.489 e. The van der Waals surface area contributed by atoms with Crippen molar-refractivity contribution in [3.8, 4) is 11.5 Å². The highest BCUT2D eigenvalue weighted by Gasteiger charge is 2.22. The van der Waals surface area contributed by atoms with Crippen molar-refractivity contribution in [2.75, 3.05) is 5.32 Å². The molecule has 4 aromatic carbocycles. The number of carbonyl (C=O) groups excluding carboxylic acids is 1. The van der Waals surface area contributed by atoms with Crippen molar-refractivity contribution >= 4 is 27.1 Å². The predicted octanol–water partition coefficient (Wildman–Crippen LogP) is 9.87. The van der Waals surface area contributed by atoms with E-state index < -0.39 is 15.9 Å². The smallest absolute Gasteiger partial charge is 0.265 e. The Hall–Kier alpha value is -5.42. The van der Waals surface area contributed by atoms with E-state index in [4.69, 9.17) is 9.47 Å². The molecule has 0 saturated carbocycles. The molecule has 2 heterocycles. The van der Waals surface area contributed by atoms with E-state index in [2.05, 4.69) is 27.5 Å². The van der Waals surface area contributed by atoms with Crippen molar-refractivity contribution in [2.24, 2.45) is 0 Å². The van der Waals surface area contributed by atoms with Crippen molar-refractivity contribution in [3.05, 3.63) is 132 Å². The molecular formula is C45H53N5O5S. The van der Waals surface area contributed by atoms with Gasteiger partial charge in [-0.25, -0.2) is 12.9 Å². The van der Waals surface area contributed by atoms with Crippen LogP contribution in [0.1, 0.15) is 93.8 Å². The highest BCUT2D eigenvalue weighted by Crippen LogP contribution is 2.27. The number of hydrogen-bond acceptors (Lipinski definition) is 7. The normalized spacial score (nSPS) is 12.1. The maximum absolute atomic E-state index is 13.7. The molecule has 11 heteroatoms. The van der Waals surface area contributed by atoms with Gasteiger partial charge in [0.15, 0.2) is 17.6 Å². The van der Waals surface area contributed by atoms with Gasteiger partial charge >= 0.3 is 0 Å². The van der Waals surface area contributed by atoms with Crippen LogP contribution in [0.3, 0.4) is 0 Å². The fourth-order valence-electron chi connectivity index (χ4n) is 6.70. The van der Waals surface area contributed by atoms with Crippen molar-refractivity contribution in [1.29, 1.82) is 0 Å². The lowest BCUT2D eigenvalue weighted by Crippen LogP contribution is -2.33. The molecule has 0 fully saturated rings. The Balaban J connectivity index is 1.04. The minimum absolute atomic E-state index is 0.140. The molecule has 2 aromatic heterocycles. The number of amides is 1. The Labute approximate surface area is 330 Å². The number of anilines is 1. The van der Waals surface area contributed by atoms with E-state index in [0.29, 0.717) is 30.2 Å². The summed E-state index contributed by atoms with van der Waals surface area (Å²) in [7, 11) is -3.78. The number of hydrogen-bond donors (Lipinski definition) is 2. The summed E-state index contributed by atoms with van der Waals surface area (Å²) in [5, 5.41) is 14.9. The first kappa shape index (κ1) is 40.2. The van der Waals surface area contributed by atoms with Gasteiger partial charge in [0.25, 0.3) is 5.91 Å². The van der Waals surface area contributed by atoms with Gasteiger partial charge in [0.1, 0.15) is 18.1 Å². The molecule has 1 amide bonds. The van der Waals surface area contributed by atoms with E-state index in [1.807, 2.05) is 72.1 Å². The predicted molar refractivity (Wildman–Crippen MR) is 220 cm³/mol. The highest BCUT2D eigenvalue weighted by molar-refractivity contribution is 7.91. The first-order valence-corrected chi connectivity index (χ1v) is 21.3. The molecule has 6 rings (SSSR count). The molecule has 6 aromatic rings. The van der Waals surface area contributed by atoms with Gasteiger partial charge in [-0.2, -0.15) is 0 Å². The van der Waals surface area contributed by atoms with Crippen LogP contribution in [0.15, 0.2) is 119 Å². The van der Waals surface area contributed by atoms with E-state index >= 15 is 0 Å². The summed E-state index contributed by atoms with van der Waals surface area (Å²) in [6, 6.07) is 32.4. The Morgan fingerprint density at radius 3 is 2.05 bits per heavy atom. The number of rotatable bonds is 22. The van der Waals surface area contributed by atoms with Crippen molar-refractivity contribution in [2.45, 2.75) is 113 Å². The van der Waals surface area contributed by atoms with Crippen LogP contribution in [-0.4, -0.2) is 40.2 Å². The molecule has 2 N–H and O–H groups in total. The number of nitrogens with one attached hydrogen (secondary N) is 2. The fourth-order valence-corrected chi connectivity index (χ4v) is 7.96. The Morgan fingerprint density at radius 1 is 0.732 bits per heavy atom. The molecule has 0 spiro atoms. The van der Waals surface area contributed by atoms with Crippen LogP contribution in [0.4, 0.5) is 5.69 Å². The van der Waals surface area contributed by atoms with Crippen LogP contribution < -0.4 is 14.8 Å². The second-order valence-electron chi connectivity index (χ2n) is 14.4. The summed E-state index contributed by atoms with van der Waals surface area (Å²) in [5.74, 6) is 1.69. The van der Waals surface area contributed by atoms with Crippen molar-refractivity contribution in [3.63, 3.8) is 0 Å². The van der Waals surface area contributed by atoms with Gasteiger partial charge in [0.2, 0.25) is 9.84 Å². The van der Waals surface area contributed by atoms with Gasteiger partial charge in [-0.15, -0.1) is 10.2 Å². The highest BCUT2D eigenvalue weighted by atomic mass is 32.2. The van der Waals surface area contributed by atoms with Crippen LogP contribution >= 0.6 is 0 Å². The molecule has 56 heavy (non-hydrogen) atoms. The van der Waals surface area contributed by atoms with Gasteiger partial charge in [0, 0.05) is 23.9 Å². The summed E-state index contributed by atoms with van der Waals surface area (Å²) >= 11 is 0. The van der Waals surface area contributed by atoms with E-state index in [1.165, 1.54) is 49.8 Å². The zero-order valence-electron chi connectivity index (χ0n) is 32.5. The average molecular weight is 776 g/mol. The second-order valence-corrected chi connectivity index (χ2v) is 16.3. The molecule has 1 atom stereocenters. The first-order chi connectivity index (χ1) is 27.3. The summed E-state index contributed by atoms with van der Waals surface area (Å²) < 4.78 is 41.0. The number of aryl methyl sites for hydroxylation is 3. The number of sulfone groups is 1. The molecule has 0 aliphatic heterocycles. The van der Waals surface area contributed by atoms with Gasteiger partial charge in [-0.1, -0.05) is 94.3 Å². The maximum Gasteiger partial charge on any atom is 0.265 e. The number of benzene rings is 4. The third-order valence-electron chi connectivity index (χ3n) is 9.88. The summed E-state index contributed by atoms with van der Waals surface area (Å²) in [6.45, 7) is 4.61. The molecule has 0 bridgehead atoms. The zero-order chi connectivity index (χ0) is 39.2. The van der Waals surface area contributed by atoms with Crippen LogP contribution in [0.2, 0.25) is 0 Å². The molecule has 0 saturated heterocycles. The van der Waals surface area contributed by atoms with Crippen molar-refractivity contribution < 1.29 is 22.7 Å². The lowest BCUT2D eigenvalue weighted by Gasteiger charge is -2.19. The first-order valence-electron chi connectivity index (χ1n) is 19.9. The van der Waals surface area contributed by atoms with E-state index in [0.717, 1.165) is 61.3 Å². The minimum Gasteiger partial charge on any atom is -0.489 e. The Kier molecular flexibility index (Phi) is 14.3. The summed E-state index contributed by atoms with van der Waals surface area (Å²) in [6.07, 6.45) is 11.6. The number of aromatic amines is 1. The molecule has 294 valence electrons. The third kappa shape index (κ3) is 11.3. The van der Waals surface area contributed by atoms with Gasteiger partial charge < -0.3 is 14.8 Å². The maximum atomic E-state index is 13.7. The zero-order valence-corrected chi connectivity index (χ0v) is 33.3.